The van der Waals surface area contributed by atoms with E-state index in [1.54, 1.807) is 24.5 Å². The van der Waals surface area contributed by atoms with Crippen LogP contribution in [0.4, 0.5) is 0 Å². The van der Waals surface area contributed by atoms with Crippen LogP contribution in [0, 0.1) is 18.3 Å². The molecular formula is C15H10ClN3OS. The van der Waals surface area contributed by atoms with Crippen LogP contribution < -0.4 is 5.56 Å². The number of hydrogen-bond acceptors (Lipinski definition) is 4. The SMILES string of the molecule is Cc1csc2c(=O)n(Cc3ccc(C#N)cc3Cl)cnc12. The largest absolute Gasteiger partial charge is 0.293 e. The van der Waals surface area contributed by atoms with Crippen LogP contribution in [0.2, 0.25) is 5.02 Å². The molecule has 0 unspecified atom stereocenters. The Bertz CT molecular complexity index is 936. The molecule has 0 fully saturated rings. The van der Waals surface area contributed by atoms with E-state index >= 15 is 0 Å². The number of aromatic nitrogens is 2. The van der Waals surface area contributed by atoms with Gasteiger partial charge in [0.1, 0.15) is 4.70 Å². The predicted octanol–water partition coefficient (Wildman–Crippen LogP) is 3.34. The summed E-state index contributed by atoms with van der Waals surface area (Å²) in [5, 5.41) is 11.2. The summed E-state index contributed by atoms with van der Waals surface area (Å²) in [7, 11) is 0. The van der Waals surface area contributed by atoms with Crippen LogP contribution in [0.15, 0.2) is 34.7 Å². The van der Waals surface area contributed by atoms with Gasteiger partial charge in [-0.25, -0.2) is 4.98 Å². The Morgan fingerprint density at radius 1 is 1.48 bits per heavy atom. The second-order valence-corrected chi connectivity index (χ2v) is 5.98. The Labute approximate surface area is 129 Å². The van der Waals surface area contributed by atoms with Crippen LogP contribution in [0.1, 0.15) is 16.7 Å². The van der Waals surface area contributed by atoms with Crippen LogP contribution in [0.3, 0.4) is 0 Å². The molecule has 21 heavy (non-hydrogen) atoms. The first-order valence-electron chi connectivity index (χ1n) is 6.22. The number of halogens is 1. The summed E-state index contributed by atoms with van der Waals surface area (Å²) in [6.07, 6.45) is 1.54. The molecule has 0 aliphatic rings. The Morgan fingerprint density at radius 2 is 2.29 bits per heavy atom. The minimum absolute atomic E-state index is 0.0708. The normalized spacial score (nSPS) is 10.7. The number of rotatable bonds is 2. The third-order valence-corrected chi connectivity index (χ3v) is 4.67. The summed E-state index contributed by atoms with van der Waals surface area (Å²) in [4.78, 5) is 16.8. The van der Waals surface area contributed by atoms with E-state index in [1.165, 1.54) is 15.9 Å². The molecule has 6 heteroatoms. The maximum absolute atomic E-state index is 12.4. The molecule has 0 radical (unpaired) electrons. The predicted molar refractivity (Wildman–Crippen MR) is 83.9 cm³/mol. The molecule has 0 aliphatic heterocycles. The third kappa shape index (κ3) is 2.44. The van der Waals surface area contributed by atoms with Gasteiger partial charge in [-0.05, 0) is 35.6 Å². The van der Waals surface area contributed by atoms with Crippen molar-refractivity contribution >= 4 is 33.2 Å². The van der Waals surface area contributed by atoms with Crippen molar-refractivity contribution in [2.24, 2.45) is 0 Å². The number of nitriles is 1. The Hall–Kier alpha value is -2.16. The van der Waals surface area contributed by atoms with Crippen LogP contribution in [-0.2, 0) is 6.54 Å². The van der Waals surface area contributed by atoms with Crippen LogP contribution in [-0.4, -0.2) is 9.55 Å². The number of benzene rings is 1. The number of nitrogens with zero attached hydrogens (tertiary/aromatic N) is 3. The highest BCUT2D eigenvalue weighted by Gasteiger charge is 2.10. The van der Waals surface area contributed by atoms with E-state index < -0.39 is 0 Å². The van der Waals surface area contributed by atoms with Crippen molar-refractivity contribution < 1.29 is 0 Å². The molecule has 1 aromatic carbocycles. The zero-order chi connectivity index (χ0) is 15.0. The summed E-state index contributed by atoms with van der Waals surface area (Å²) in [6, 6.07) is 7.08. The molecular weight excluding hydrogens is 306 g/mol. The van der Waals surface area contributed by atoms with Gasteiger partial charge in [0.25, 0.3) is 5.56 Å². The molecule has 0 saturated carbocycles. The van der Waals surface area contributed by atoms with Gasteiger partial charge in [-0.2, -0.15) is 5.26 Å². The molecule has 0 saturated heterocycles. The number of thiophene rings is 1. The lowest BCUT2D eigenvalue weighted by molar-refractivity contribution is 0.749. The van der Waals surface area contributed by atoms with Crippen molar-refractivity contribution in [3.8, 4) is 6.07 Å². The van der Waals surface area contributed by atoms with E-state index in [2.05, 4.69) is 4.98 Å². The first-order valence-corrected chi connectivity index (χ1v) is 7.47. The molecule has 3 rings (SSSR count). The smallest absolute Gasteiger partial charge is 0.271 e. The zero-order valence-electron chi connectivity index (χ0n) is 11.1. The molecule has 2 aromatic heterocycles. The first-order chi connectivity index (χ1) is 10.1. The van der Waals surface area contributed by atoms with E-state index in [4.69, 9.17) is 16.9 Å². The average molecular weight is 316 g/mol. The Balaban J connectivity index is 2.05. The third-order valence-electron chi connectivity index (χ3n) is 3.25. The van der Waals surface area contributed by atoms with E-state index in [-0.39, 0.29) is 5.56 Å². The lowest BCUT2D eigenvalue weighted by Crippen LogP contribution is -2.20. The average Bonchev–Trinajstić information content (AvgIpc) is 2.86. The second-order valence-electron chi connectivity index (χ2n) is 4.69. The lowest BCUT2D eigenvalue weighted by atomic mass is 10.1. The molecule has 2 heterocycles. The van der Waals surface area contributed by atoms with Crippen LogP contribution >= 0.6 is 22.9 Å². The lowest BCUT2D eigenvalue weighted by Gasteiger charge is -2.07. The maximum Gasteiger partial charge on any atom is 0.271 e. The highest BCUT2D eigenvalue weighted by molar-refractivity contribution is 7.17. The molecule has 104 valence electrons. The minimum Gasteiger partial charge on any atom is -0.293 e. The van der Waals surface area contributed by atoms with Gasteiger partial charge in [0, 0.05) is 5.02 Å². The standard InChI is InChI=1S/C15H10ClN3OS/c1-9-7-21-14-13(9)18-8-19(15(14)20)6-11-3-2-10(5-17)4-12(11)16/h2-4,7-8H,6H2,1H3. The fourth-order valence-corrected chi connectivity index (χ4v) is 3.29. The molecule has 0 bridgehead atoms. The molecule has 3 aromatic rings. The highest BCUT2D eigenvalue weighted by Crippen LogP contribution is 2.21. The molecule has 0 spiro atoms. The number of aryl methyl sites for hydroxylation is 1. The summed E-state index contributed by atoms with van der Waals surface area (Å²) in [5.41, 5.74) is 2.98. The van der Waals surface area contributed by atoms with E-state index in [9.17, 15) is 4.79 Å². The Kier molecular flexibility index (Phi) is 3.50. The van der Waals surface area contributed by atoms with Gasteiger partial charge >= 0.3 is 0 Å². The zero-order valence-corrected chi connectivity index (χ0v) is 12.7. The number of fused-ring (bicyclic) bond motifs is 1. The minimum atomic E-state index is -0.0708. The molecule has 0 atom stereocenters. The van der Waals surface area contributed by atoms with Crippen molar-refractivity contribution in [1.82, 2.24) is 9.55 Å². The van der Waals surface area contributed by atoms with E-state index in [1.807, 2.05) is 18.4 Å². The molecule has 4 nitrogen and oxygen atoms in total. The summed E-state index contributed by atoms with van der Waals surface area (Å²) < 4.78 is 2.19. The summed E-state index contributed by atoms with van der Waals surface area (Å²) in [5.74, 6) is 0. The van der Waals surface area contributed by atoms with Crippen molar-refractivity contribution in [2.45, 2.75) is 13.5 Å². The van der Waals surface area contributed by atoms with Crippen LogP contribution in [0.25, 0.3) is 10.2 Å². The van der Waals surface area contributed by atoms with Crippen molar-refractivity contribution in [1.29, 1.82) is 5.26 Å². The topological polar surface area (TPSA) is 58.7 Å². The van der Waals surface area contributed by atoms with Gasteiger partial charge < -0.3 is 0 Å². The van der Waals surface area contributed by atoms with Crippen LogP contribution in [0.5, 0.6) is 0 Å². The second kappa shape index (κ2) is 5.32. The quantitative estimate of drug-likeness (QED) is 0.728. The van der Waals surface area contributed by atoms with Gasteiger partial charge in [-0.15, -0.1) is 11.3 Å². The van der Waals surface area contributed by atoms with Gasteiger partial charge in [-0.3, -0.25) is 9.36 Å². The fraction of sp³-hybridized carbons (Fsp3) is 0.133. The molecule has 0 amide bonds. The van der Waals surface area contributed by atoms with Crippen molar-refractivity contribution in [3.63, 3.8) is 0 Å². The first kappa shape index (κ1) is 13.8. The van der Waals surface area contributed by atoms with Crippen molar-refractivity contribution in [3.05, 3.63) is 62.0 Å². The Morgan fingerprint density at radius 3 is 3.00 bits per heavy atom. The maximum atomic E-state index is 12.4. The molecule has 0 aliphatic carbocycles. The van der Waals surface area contributed by atoms with Gasteiger partial charge in [0.15, 0.2) is 0 Å². The van der Waals surface area contributed by atoms with E-state index in [0.717, 1.165) is 16.6 Å². The summed E-state index contributed by atoms with van der Waals surface area (Å²) >= 11 is 7.55. The monoisotopic (exact) mass is 315 g/mol. The van der Waals surface area contributed by atoms with Crippen molar-refractivity contribution in [2.75, 3.05) is 0 Å². The highest BCUT2D eigenvalue weighted by atomic mass is 35.5. The fourth-order valence-electron chi connectivity index (χ4n) is 2.10. The van der Waals surface area contributed by atoms with Gasteiger partial charge in [-0.1, -0.05) is 17.7 Å². The number of hydrogen-bond donors (Lipinski definition) is 0. The van der Waals surface area contributed by atoms with E-state index in [0.29, 0.717) is 21.8 Å². The molecule has 0 N–H and O–H groups in total. The van der Waals surface area contributed by atoms with Gasteiger partial charge in [0.2, 0.25) is 0 Å². The summed E-state index contributed by atoms with van der Waals surface area (Å²) in [6.45, 7) is 2.27. The van der Waals surface area contributed by atoms with Gasteiger partial charge in [0.05, 0.1) is 30.0 Å².